The fraction of sp³-hybridized carbons (Fsp3) is 0.379. The normalized spacial score (nSPS) is 23.9. The predicted molar refractivity (Wildman–Crippen MR) is 146 cm³/mol. The van der Waals surface area contributed by atoms with Gasteiger partial charge in [-0.15, -0.1) is 11.8 Å². The Hall–Kier alpha value is -3.49. The Morgan fingerprint density at radius 2 is 1.86 bits per heavy atom. The number of aliphatic hydroxyl groups excluding tert-OH is 1. The Labute approximate surface area is 243 Å². The van der Waals surface area contributed by atoms with Crippen molar-refractivity contribution >= 4 is 17.7 Å². The van der Waals surface area contributed by atoms with Crippen molar-refractivity contribution in [3.8, 4) is 5.75 Å². The summed E-state index contributed by atoms with van der Waals surface area (Å²) in [5.74, 6) is -2.56. The summed E-state index contributed by atoms with van der Waals surface area (Å²) in [5, 5.41) is 12.4. The zero-order valence-corrected chi connectivity index (χ0v) is 23.1. The number of fused-ring (bicyclic) bond motifs is 4. The van der Waals surface area contributed by atoms with Crippen LogP contribution >= 0.6 is 11.8 Å². The zero-order chi connectivity index (χ0) is 29.0. The number of morpholine rings is 1. The molecule has 7 rings (SSSR count). The van der Waals surface area contributed by atoms with Gasteiger partial charge in [-0.25, -0.2) is 8.78 Å². The summed E-state index contributed by atoms with van der Waals surface area (Å²) in [6.45, 7) is -0.470. The lowest BCUT2D eigenvalue weighted by atomic mass is 9.93. The van der Waals surface area contributed by atoms with Crippen LogP contribution in [0.3, 0.4) is 0 Å². The Kier molecular flexibility index (Phi) is 7.14. The number of benzene rings is 2. The topological polar surface area (TPSA) is 103 Å². The highest BCUT2D eigenvalue weighted by atomic mass is 32.2. The summed E-state index contributed by atoms with van der Waals surface area (Å²) in [5.41, 5.74) is 0.788. The highest BCUT2D eigenvalue weighted by molar-refractivity contribution is 7.98. The van der Waals surface area contributed by atoms with Gasteiger partial charge in [0.05, 0.1) is 32.0 Å². The van der Waals surface area contributed by atoms with Gasteiger partial charge in [0.15, 0.2) is 17.3 Å². The van der Waals surface area contributed by atoms with Gasteiger partial charge in [0.25, 0.3) is 5.91 Å². The Morgan fingerprint density at radius 3 is 2.69 bits per heavy atom. The highest BCUT2D eigenvalue weighted by Crippen LogP contribution is 2.45. The highest BCUT2D eigenvalue weighted by Gasteiger charge is 2.46. The number of aliphatic hydroxyl groups is 1. The summed E-state index contributed by atoms with van der Waals surface area (Å²) in [6, 6.07) is 10.7. The molecule has 1 amide bonds. The molecular formula is C29H27F2N3O7S. The number of amides is 1. The lowest BCUT2D eigenvalue weighted by Crippen LogP contribution is -2.66. The van der Waals surface area contributed by atoms with E-state index in [0.29, 0.717) is 18.6 Å². The van der Waals surface area contributed by atoms with Crippen LogP contribution in [0.4, 0.5) is 8.78 Å². The van der Waals surface area contributed by atoms with Crippen molar-refractivity contribution in [1.82, 2.24) is 9.58 Å². The number of halogens is 2. The molecule has 1 aromatic heterocycles. The second-order valence-corrected chi connectivity index (χ2v) is 11.4. The molecule has 42 heavy (non-hydrogen) atoms. The van der Waals surface area contributed by atoms with Gasteiger partial charge in [0.2, 0.25) is 11.2 Å². The van der Waals surface area contributed by atoms with Crippen LogP contribution in [-0.2, 0) is 20.0 Å². The van der Waals surface area contributed by atoms with E-state index < -0.39 is 47.8 Å². The first kappa shape index (κ1) is 27.3. The fourth-order valence-electron chi connectivity index (χ4n) is 6.00. The second-order valence-electron chi connectivity index (χ2n) is 10.3. The molecule has 4 aliphatic rings. The molecular weight excluding hydrogens is 572 g/mol. The van der Waals surface area contributed by atoms with Crippen LogP contribution in [0.2, 0.25) is 0 Å². The third kappa shape index (κ3) is 4.56. The molecule has 3 aromatic rings. The van der Waals surface area contributed by atoms with Crippen molar-refractivity contribution in [1.29, 1.82) is 0 Å². The van der Waals surface area contributed by atoms with E-state index >= 15 is 4.39 Å². The van der Waals surface area contributed by atoms with Gasteiger partial charge in [-0.1, -0.05) is 24.3 Å². The number of carbonyl (C=O) groups is 1. The van der Waals surface area contributed by atoms with Crippen LogP contribution < -0.4 is 15.2 Å². The van der Waals surface area contributed by atoms with Crippen molar-refractivity contribution in [2.75, 3.05) is 38.0 Å². The van der Waals surface area contributed by atoms with Gasteiger partial charge in [-0.05, 0) is 29.7 Å². The van der Waals surface area contributed by atoms with Gasteiger partial charge in [-0.2, -0.15) is 0 Å². The number of nitrogens with zero attached hydrogens (tertiary/aromatic N) is 3. The maximum atomic E-state index is 15.3. The quantitative estimate of drug-likeness (QED) is 0.444. The van der Waals surface area contributed by atoms with Crippen LogP contribution in [0.15, 0.2) is 58.4 Å². The van der Waals surface area contributed by atoms with E-state index in [2.05, 4.69) is 0 Å². The zero-order valence-electron chi connectivity index (χ0n) is 22.3. The number of thioether (sulfide) groups is 1. The van der Waals surface area contributed by atoms with Gasteiger partial charge in [0, 0.05) is 41.6 Å². The van der Waals surface area contributed by atoms with Crippen molar-refractivity contribution < 1.29 is 37.6 Å². The van der Waals surface area contributed by atoms with E-state index in [1.54, 1.807) is 11.0 Å². The minimum absolute atomic E-state index is 0.121. The van der Waals surface area contributed by atoms with Gasteiger partial charge >= 0.3 is 6.48 Å². The first-order valence-corrected chi connectivity index (χ1v) is 14.6. The van der Waals surface area contributed by atoms with Crippen molar-refractivity contribution in [3.63, 3.8) is 0 Å². The molecule has 1 N–H and O–H groups in total. The van der Waals surface area contributed by atoms with Crippen LogP contribution in [0.25, 0.3) is 0 Å². The van der Waals surface area contributed by atoms with Crippen LogP contribution in [-0.4, -0.2) is 72.3 Å². The molecule has 0 aliphatic carbocycles. The molecule has 10 nitrogen and oxygen atoms in total. The molecule has 0 radical (unpaired) electrons. The minimum atomic E-state index is -1.83. The third-order valence-corrected chi connectivity index (χ3v) is 9.06. The van der Waals surface area contributed by atoms with Crippen LogP contribution in [0.5, 0.6) is 5.75 Å². The summed E-state index contributed by atoms with van der Waals surface area (Å²) < 4.78 is 53.5. The molecule has 1 unspecified atom stereocenters. The van der Waals surface area contributed by atoms with E-state index in [9.17, 15) is 19.1 Å². The van der Waals surface area contributed by atoms with Crippen LogP contribution in [0, 0.1) is 11.6 Å². The van der Waals surface area contributed by atoms with Crippen molar-refractivity contribution in [3.05, 3.63) is 92.9 Å². The van der Waals surface area contributed by atoms with Crippen molar-refractivity contribution in [2.45, 2.75) is 41.9 Å². The van der Waals surface area contributed by atoms with E-state index in [-0.39, 0.29) is 49.1 Å². The molecule has 4 aliphatic heterocycles. The van der Waals surface area contributed by atoms with Crippen LogP contribution in [0.1, 0.15) is 39.6 Å². The average molecular weight is 600 g/mol. The number of carbonyl (C=O) groups excluding carboxylic acids is 1. The number of hydrogen-bond acceptors (Lipinski definition) is 9. The standard InChI is InChI=1S/C29H27F2N3O7S/c30-20-6-5-17-19(24(20)31)15-42-22-4-2-1-3-18(22)25(17)34-23-14-39-12-10-32(23)28(36)26-27(21(35)7-9-33(26)34)41-29(37)40-16-8-11-38-13-16/h1-7,9,16,23,25,29,37H,8,10-15H2/t16-,23+,25-,29?/m0/s1. The molecule has 13 heteroatoms. The Balaban J connectivity index is 1.41. The van der Waals surface area contributed by atoms with E-state index in [1.807, 2.05) is 29.3 Å². The molecule has 2 fully saturated rings. The molecule has 5 heterocycles. The number of hydrogen-bond donors (Lipinski definition) is 1. The summed E-state index contributed by atoms with van der Waals surface area (Å²) in [6.07, 6.45) is 0.912. The molecule has 2 saturated heterocycles. The first-order valence-electron chi connectivity index (χ1n) is 13.6. The summed E-state index contributed by atoms with van der Waals surface area (Å²) in [4.78, 5) is 29.6. The molecule has 220 valence electrons. The monoisotopic (exact) mass is 599 g/mol. The number of rotatable bonds is 5. The average Bonchev–Trinajstić information content (AvgIpc) is 3.44. The molecule has 4 atom stereocenters. The molecule has 0 bridgehead atoms. The van der Waals surface area contributed by atoms with Gasteiger partial charge < -0.3 is 29.0 Å². The van der Waals surface area contributed by atoms with Crippen molar-refractivity contribution in [2.24, 2.45) is 0 Å². The van der Waals surface area contributed by atoms with Gasteiger partial charge in [0.1, 0.15) is 6.17 Å². The lowest BCUT2D eigenvalue weighted by Gasteiger charge is -2.51. The Bertz CT molecular complexity index is 1600. The number of aromatic nitrogens is 1. The SMILES string of the molecule is O=C1c2c(OC(O)O[C@H]3CCOC3)c(=O)ccn2N([C@@H]2c3ccccc3SCc3c2ccc(F)c3F)[C@@H]2COCCN12. The van der Waals surface area contributed by atoms with Gasteiger partial charge in [-0.3, -0.25) is 19.3 Å². The van der Waals surface area contributed by atoms with E-state index in [4.69, 9.17) is 18.9 Å². The van der Waals surface area contributed by atoms with E-state index in [0.717, 1.165) is 16.5 Å². The smallest absolute Gasteiger partial charge is 0.313 e. The predicted octanol–water partition coefficient (Wildman–Crippen LogP) is 2.73. The first-order chi connectivity index (χ1) is 20.4. The largest absolute Gasteiger partial charge is 0.435 e. The number of ether oxygens (including phenoxy) is 4. The summed E-state index contributed by atoms with van der Waals surface area (Å²) in [7, 11) is 0. The molecule has 0 saturated carbocycles. The Morgan fingerprint density at radius 1 is 1.02 bits per heavy atom. The maximum absolute atomic E-state index is 15.3. The summed E-state index contributed by atoms with van der Waals surface area (Å²) >= 11 is 1.39. The minimum Gasteiger partial charge on any atom is -0.435 e. The maximum Gasteiger partial charge on any atom is 0.313 e. The van der Waals surface area contributed by atoms with E-state index in [1.165, 1.54) is 28.7 Å². The molecule has 0 spiro atoms. The lowest BCUT2D eigenvalue weighted by molar-refractivity contribution is -0.239. The molecule has 2 aromatic carbocycles. The number of pyridine rings is 1. The second kappa shape index (κ2) is 11.0. The fourth-order valence-corrected chi connectivity index (χ4v) is 7.11. The third-order valence-electron chi connectivity index (χ3n) is 7.95.